The van der Waals surface area contributed by atoms with Crippen molar-refractivity contribution in [3.63, 3.8) is 0 Å². The van der Waals surface area contributed by atoms with Crippen LogP contribution in [0.1, 0.15) is 24.2 Å². The van der Waals surface area contributed by atoms with Crippen molar-refractivity contribution in [3.8, 4) is 11.3 Å². The maximum atomic E-state index is 6.37. The van der Waals surface area contributed by atoms with Crippen molar-refractivity contribution in [1.29, 1.82) is 0 Å². The van der Waals surface area contributed by atoms with E-state index >= 15 is 0 Å². The van der Waals surface area contributed by atoms with Crippen LogP contribution in [0.3, 0.4) is 0 Å². The van der Waals surface area contributed by atoms with Crippen molar-refractivity contribution in [2.24, 2.45) is 0 Å². The number of aryl methyl sites for hydroxylation is 2. The Balaban J connectivity index is 2.14. The van der Waals surface area contributed by atoms with Gasteiger partial charge in [-0.25, -0.2) is 9.97 Å². The second-order valence-electron chi connectivity index (χ2n) is 5.37. The molecule has 1 fully saturated rings. The molecule has 1 aromatic carbocycles. The largest absolute Gasteiger partial charge is 0.394 e. The minimum Gasteiger partial charge on any atom is -0.394 e. The molecule has 1 aliphatic heterocycles. The van der Waals surface area contributed by atoms with Crippen LogP contribution in [0, 0.1) is 13.8 Å². The third-order valence-electron chi connectivity index (χ3n) is 3.84. The van der Waals surface area contributed by atoms with Crippen LogP contribution in [-0.2, 0) is 0 Å². The van der Waals surface area contributed by atoms with Gasteiger partial charge in [0.2, 0.25) is 0 Å². The summed E-state index contributed by atoms with van der Waals surface area (Å²) in [6.07, 6.45) is 2.42. The Morgan fingerprint density at radius 2 is 1.75 bits per heavy atom. The van der Waals surface area contributed by atoms with Gasteiger partial charge < -0.3 is 10.6 Å². The molecule has 0 amide bonds. The summed E-state index contributed by atoms with van der Waals surface area (Å²) < 4.78 is 0. The van der Waals surface area contributed by atoms with Crippen molar-refractivity contribution in [2.45, 2.75) is 26.7 Å². The van der Waals surface area contributed by atoms with Gasteiger partial charge in [-0.15, -0.1) is 0 Å². The molecule has 4 nitrogen and oxygen atoms in total. The summed E-state index contributed by atoms with van der Waals surface area (Å²) in [5.74, 6) is 1.67. The van der Waals surface area contributed by atoms with E-state index in [1.807, 2.05) is 19.1 Å². The molecule has 2 aromatic rings. The number of nitrogens with zero attached hydrogens (tertiary/aromatic N) is 3. The third-order valence-corrected chi connectivity index (χ3v) is 3.84. The lowest BCUT2D eigenvalue weighted by Gasteiger charge is -2.20. The number of anilines is 2. The van der Waals surface area contributed by atoms with Crippen LogP contribution in [0.15, 0.2) is 24.3 Å². The molecular weight excluding hydrogens is 248 g/mol. The summed E-state index contributed by atoms with van der Waals surface area (Å²) in [5.41, 5.74) is 10.2. The Hall–Kier alpha value is -2.10. The fourth-order valence-corrected chi connectivity index (χ4v) is 2.78. The highest BCUT2D eigenvalue weighted by Crippen LogP contribution is 2.33. The second-order valence-corrected chi connectivity index (χ2v) is 5.37. The Morgan fingerprint density at radius 3 is 2.45 bits per heavy atom. The smallest absolute Gasteiger partial charge is 0.156 e. The first kappa shape index (κ1) is 12.9. The number of benzene rings is 1. The first-order valence-corrected chi connectivity index (χ1v) is 7.12. The van der Waals surface area contributed by atoms with Gasteiger partial charge in [0.15, 0.2) is 5.82 Å². The summed E-state index contributed by atoms with van der Waals surface area (Å²) in [6, 6.07) is 8.21. The molecule has 0 atom stereocenters. The van der Waals surface area contributed by atoms with Crippen molar-refractivity contribution >= 4 is 11.5 Å². The summed E-state index contributed by atoms with van der Waals surface area (Å²) in [5, 5.41) is 0. The Bertz CT molecular complexity index is 630. The predicted octanol–water partition coefficient (Wildman–Crippen LogP) is 2.94. The van der Waals surface area contributed by atoms with Crippen molar-refractivity contribution in [1.82, 2.24) is 9.97 Å². The molecule has 0 spiro atoms. The van der Waals surface area contributed by atoms with Gasteiger partial charge in [-0.1, -0.05) is 24.3 Å². The molecular formula is C16H20N4. The lowest BCUT2D eigenvalue weighted by atomic mass is 10.0. The molecule has 0 bridgehead atoms. The average molecular weight is 268 g/mol. The van der Waals surface area contributed by atoms with Crippen LogP contribution in [-0.4, -0.2) is 23.1 Å². The van der Waals surface area contributed by atoms with Gasteiger partial charge in [0.05, 0.1) is 5.69 Å². The molecule has 0 saturated carbocycles. The lowest BCUT2D eigenvalue weighted by molar-refractivity contribution is 0.915. The predicted molar refractivity (Wildman–Crippen MR) is 82.8 cm³/mol. The highest BCUT2D eigenvalue weighted by molar-refractivity contribution is 5.82. The first-order valence-electron chi connectivity index (χ1n) is 7.12. The van der Waals surface area contributed by atoms with E-state index in [4.69, 9.17) is 5.73 Å². The first-order chi connectivity index (χ1) is 9.66. The van der Waals surface area contributed by atoms with Gasteiger partial charge in [0.1, 0.15) is 11.5 Å². The standard InChI is InChI=1S/C16H20N4/c1-11-7-3-4-8-13(11)15-14(17)16(19-12(2)18-15)20-9-5-6-10-20/h3-4,7-8H,5-6,9-10,17H2,1-2H3. The van der Waals surface area contributed by atoms with E-state index in [0.29, 0.717) is 5.69 Å². The third kappa shape index (κ3) is 2.22. The van der Waals surface area contributed by atoms with Crippen LogP contribution < -0.4 is 10.6 Å². The van der Waals surface area contributed by atoms with E-state index < -0.39 is 0 Å². The van der Waals surface area contributed by atoms with Gasteiger partial charge in [0.25, 0.3) is 0 Å². The molecule has 4 heteroatoms. The SMILES string of the molecule is Cc1nc(-c2ccccc2C)c(N)c(N2CCCC2)n1. The quantitative estimate of drug-likeness (QED) is 0.909. The molecule has 20 heavy (non-hydrogen) atoms. The summed E-state index contributed by atoms with van der Waals surface area (Å²) in [7, 11) is 0. The van der Waals surface area contributed by atoms with Crippen molar-refractivity contribution in [2.75, 3.05) is 23.7 Å². The fraction of sp³-hybridized carbons (Fsp3) is 0.375. The average Bonchev–Trinajstić information content (AvgIpc) is 2.96. The van der Waals surface area contributed by atoms with E-state index in [9.17, 15) is 0 Å². The molecule has 2 N–H and O–H groups in total. The summed E-state index contributed by atoms with van der Waals surface area (Å²) in [6.45, 7) is 6.09. The van der Waals surface area contributed by atoms with E-state index in [2.05, 4.69) is 33.9 Å². The number of nitrogen functional groups attached to an aromatic ring is 1. The molecule has 1 aliphatic rings. The zero-order valence-corrected chi connectivity index (χ0v) is 12.1. The number of aromatic nitrogens is 2. The highest BCUT2D eigenvalue weighted by Gasteiger charge is 2.20. The number of nitrogens with two attached hydrogens (primary N) is 1. The van der Waals surface area contributed by atoms with Crippen LogP contribution in [0.4, 0.5) is 11.5 Å². The zero-order chi connectivity index (χ0) is 14.1. The van der Waals surface area contributed by atoms with Gasteiger partial charge in [-0.2, -0.15) is 0 Å². The van der Waals surface area contributed by atoms with Gasteiger partial charge in [-0.3, -0.25) is 0 Å². The second kappa shape index (κ2) is 5.12. The van der Waals surface area contributed by atoms with E-state index in [-0.39, 0.29) is 0 Å². The zero-order valence-electron chi connectivity index (χ0n) is 12.1. The van der Waals surface area contributed by atoms with E-state index in [1.165, 1.54) is 18.4 Å². The summed E-state index contributed by atoms with van der Waals surface area (Å²) in [4.78, 5) is 11.4. The van der Waals surface area contributed by atoms with Crippen molar-refractivity contribution in [3.05, 3.63) is 35.7 Å². The Kier molecular flexibility index (Phi) is 3.30. The fourth-order valence-electron chi connectivity index (χ4n) is 2.78. The van der Waals surface area contributed by atoms with Gasteiger partial charge in [0, 0.05) is 18.7 Å². The molecule has 0 aliphatic carbocycles. The minimum absolute atomic E-state index is 0.701. The minimum atomic E-state index is 0.701. The normalized spacial score (nSPS) is 14.8. The Morgan fingerprint density at radius 1 is 1.05 bits per heavy atom. The maximum Gasteiger partial charge on any atom is 0.156 e. The van der Waals surface area contributed by atoms with Gasteiger partial charge in [-0.05, 0) is 32.3 Å². The molecule has 1 aromatic heterocycles. The van der Waals surface area contributed by atoms with Crippen LogP contribution >= 0.6 is 0 Å². The molecule has 0 radical (unpaired) electrons. The van der Waals surface area contributed by atoms with Gasteiger partial charge >= 0.3 is 0 Å². The van der Waals surface area contributed by atoms with E-state index in [0.717, 1.165) is 36.0 Å². The van der Waals surface area contributed by atoms with E-state index in [1.54, 1.807) is 0 Å². The number of hydrogen-bond acceptors (Lipinski definition) is 4. The lowest BCUT2D eigenvalue weighted by Crippen LogP contribution is -2.21. The van der Waals surface area contributed by atoms with Crippen LogP contribution in [0.25, 0.3) is 11.3 Å². The molecule has 1 saturated heterocycles. The Labute approximate surface area is 119 Å². The maximum absolute atomic E-state index is 6.37. The number of hydrogen-bond donors (Lipinski definition) is 1. The highest BCUT2D eigenvalue weighted by atomic mass is 15.2. The van der Waals surface area contributed by atoms with Crippen LogP contribution in [0.5, 0.6) is 0 Å². The van der Waals surface area contributed by atoms with Crippen LogP contribution in [0.2, 0.25) is 0 Å². The topological polar surface area (TPSA) is 55.0 Å². The van der Waals surface area contributed by atoms with Crippen molar-refractivity contribution < 1.29 is 0 Å². The molecule has 0 unspecified atom stereocenters. The molecule has 104 valence electrons. The number of rotatable bonds is 2. The monoisotopic (exact) mass is 268 g/mol. The molecule has 2 heterocycles. The summed E-state index contributed by atoms with van der Waals surface area (Å²) >= 11 is 0. The molecule has 3 rings (SSSR count).